The largest absolute Gasteiger partial charge is 0.360 e. The van der Waals surface area contributed by atoms with Crippen molar-refractivity contribution in [2.45, 2.75) is 17.3 Å². The van der Waals surface area contributed by atoms with Crippen molar-refractivity contribution < 1.29 is 4.79 Å². The van der Waals surface area contributed by atoms with Crippen molar-refractivity contribution in [2.75, 3.05) is 24.7 Å². The minimum absolute atomic E-state index is 0.0744. The summed E-state index contributed by atoms with van der Waals surface area (Å²) in [7, 11) is 1.82. The highest BCUT2D eigenvalue weighted by Crippen LogP contribution is 2.26. The Balaban J connectivity index is 1.40. The van der Waals surface area contributed by atoms with E-state index in [4.69, 9.17) is 0 Å². The van der Waals surface area contributed by atoms with Crippen LogP contribution in [0.1, 0.15) is 10.4 Å². The van der Waals surface area contributed by atoms with Crippen molar-refractivity contribution in [3.05, 3.63) is 56.7 Å². The van der Waals surface area contributed by atoms with Crippen LogP contribution >= 0.6 is 50.4 Å². The molecule has 0 atom stereocenters. The van der Waals surface area contributed by atoms with E-state index in [1.54, 1.807) is 16.2 Å². The van der Waals surface area contributed by atoms with E-state index in [-0.39, 0.29) is 5.91 Å². The van der Waals surface area contributed by atoms with E-state index in [1.165, 1.54) is 28.0 Å². The number of amides is 1. The minimum atomic E-state index is 0.0744. The molecule has 0 aliphatic carbocycles. The number of nitrogens with one attached hydrogen (secondary N) is 1. The second-order valence-electron chi connectivity index (χ2n) is 5.79. The lowest BCUT2D eigenvalue weighted by Gasteiger charge is -2.16. The van der Waals surface area contributed by atoms with Crippen molar-refractivity contribution in [3.8, 4) is 0 Å². The second-order valence-corrected chi connectivity index (χ2v) is 9.94. The van der Waals surface area contributed by atoms with Gasteiger partial charge in [0.05, 0.1) is 5.75 Å². The molecule has 0 saturated heterocycles. The van der Waals surface area contributed by atoms with Crippen LogP contribution in [-0.2, 0) is 17.8 Å². The Hall–Kier alpha value is -1.42. The summed E-state index contributed by atoms with van der Waals surface area (Å²) in [5.74, 6) is 0.432. The molecular weight excluding hydrogens is 464 g/mol. The Kier molecular flexibility index (Phi) is 7.69. The number of halogens is 1. The van der Waals surface area contributed by atoms with Gasteiger partial charge in [-0.05, 0) is 35.6 Å². The fourth-order valence-electron chi connectivity index (χ4n) is 2.27. The van der Waals surface area contributed by atoms with Gasteiger partial charge < -0.3 is 10.2 Å². The fourth-order valence-corrected chi connectivity index (χ4v) is 4.96. The summed E-state index contributed by atoms with van der Waals surface area (Å²) in [6.45, 7) is 1.42. The molecule has 0 saturated carbocycles. The molecule has 0 aliphatic heterocycles. The number of thiophene rings is 1. The maximum absolute atomic E-state index is 12.3. The maximum atomic E-state index is 12.3. The Labute approximate surface area is 179 Å². The molecule has 1 aromatic carbocycles. The zero-order chi connectivity index (χ0) is 19.1. The molecular formula is C18H19BrN4OS3. The van der Waals surface area contributed by atoms with E-state index in [9.17, 15) is 4.79 Å². The van der Waals surface area contributed by atoms with E-state index in [0.717, 1.165) is 32.5 Å². The standard InChI is InChI=1S/C18H19BrN4OS3/c1-23(11-13-4-6-14(19)7-5-13)16(24)12-26-18-22-21-17(27-18)20-9-8-15-3-2-10-25-15/h2-7,10H,8-9,11-12H2,1H3,(H,20,21). The van der Waals surface area contributed by atoms with Crippen LogP contribution in [0.2, 0.25) is 0 Å². The second kappa shape index (κ2) is 10.2. The van der Waals surface area contributed by atoms with Crippen molar-refractivity contribution in [2.24, 2.45) is 0 Å². The van der Waals surface area contributed by atoms with Crippen molar-refractivity contribution in [1.82, 2.24) is 15.1 Å². The molecule has 5 nitrogen and oxygen atoms in total. The lowest BCUT2D eigenvalue weighted by Crippen LogP contribution is -2.27. The van der Waals surface area contributed by atoms with Crippen molar-refractivity contribution in [3.63, 3.8) is 0 Å². The van der Waals surface area contributed by atoms with Crippen LogP contribution in [-0.4, -0.2) is 40.3 Å². The van der Waals surface area contributed by atoms with Crippen LogP contribution in [0.5, 0.6) is 0 Å². The fraction of sp³-hybridized carbons (Fsp3) is 0.278. The van der Waals surface area contributed by atoms with Gasteiger partial charge in [-0.1, -0.05) is 57.2 Å². The molecule has 3 aromatic rings. The Morgan fingerprint density at radius 2 is 2.07 bits per heavy atom. The number of rotatable bonds is 9. The normalized spacial score (nSPS) is 10.7. The van der Waals surface area contributed by atoms with Gasteiger partial charge in [-0.3, -0.25) is 4.79 Å². The predicted octanol–water partition coefficient (Wildman–Crippen LogP) is 4.77. The molecule has 27 heavy (non-hydrogen) atoms. The number of hydrogen-bond acceptors (Lipinski definition) is 7. The lowest BCUT2D eigenvalue weighted by molar-refractivity contribution is -0.127. The molecule has 9 heteroatoms. The number of benzene rings is 1. The summed E-state index contributed by atoms with van der Waals surface area (Å²) in [5, 5.41) is 14.5. The lowest BCUT2D eigenvalue weighted by atomic mass is 10.2. The summed E-state index contributed by atoms with van der Waals surface area (Å²) in [5.41, 5.74) is 1.10. The van der Waals surface area contributed by atoms with Gasteiger partial charge in [0.2, 0.25) is 11.0 Å². The topological polar surface area (TPSA) is 58.1 Å². The molecule has 0 unspecified atom stereocenters. The first-order valence-electron chi connectivity index (χ1n) is 8.31. The van der Waals surface area contributed by atoms with E-state index in [2.05, 4.69) is 49.0 Å². The van der Waals surface area contributed by atoms with Crippen LogP contribution in [0.25, 0.3) is 0 Å². The van der Waals surface area contributed by atoms with Crippen LogP contribution in [0.4, 0.5) is 5.13 Å². The average molecular weight is 483 g/mol. The number of thioether (sulfide) groups is 1. The number of nitrogens with zero attached hydrogens (tertiary/aromatic N) is 3. The molecule has 0 fully saturated rings. The highest BCUT2D eigenvalue weighted by molar-refractivity contribution is 9.10. The van der Waals surface area contributed by atoms with E-state index in [0.29, 0.717) is 12.3 Å². The number of carbonyl (C=O) groups is 1. The number of anilines is 1. The van der Waals surface area contributed by atoms with E-state index in [1.807, 2.05) is 31.3 Å². The molecule has 0 aliphatic rings. The van der Waals surface area contributed by atoms with E-state index >= 15 is 0 Å². The van der Waals surface area contributed by atoms with Gasteiger partial charge in [-0.15, -0.1) is 21.5 Å². The first-order chi connectivity index (χ1) is 13.1. The zero-order valence-corrected chi connectivity index (χ0v) is 18.8. The Morgan fingerprint density at radius 1 is 1.26 bits per heavy atom. The third-order valence-corrected chi connectivity index (χ3v) is 7.18. The molecule has 2 aromatic heterocycles. The third-order valence-electron chi connectivity index (χ3n) is 3.71. The Bertz CT molecular complexity index is 852. The van der Waals surface area contributed by atoms with Gasteiger partial charge in [-0.25, -0.2) is 0 Å². The maximum Gasteiger partial charge on any atom is 0.233 e. The van der Waals surface area contributed by atoms with Gasteiger partial charge in [0.1, 0.15) is 0 Å². The highest BCUT2D eigenvalue weighted by atomic mass is 79.9. The molecule has 0 bridgehead atoms. The van der Waals surface area contributed by atoms with Crippen molar-refractivity contribution in [1.29, 1.82) is 0 Å². The molecule has 0 spiro atoms. The highest BCUT2D eigenvalue weighted by Gasteiger charge is 2.12. The van der Waals surface area contributed by atoms with Gasteiger partial charge in [0, 0.05) is 29.5 Å². The van der Waals surface area contributed by atoms with Crippen LogP contribution in [0, 0.1) is 0 Å². The van der Waals surface area contributed by atoms with Gasteiger partial charge >= 0.3 is 0 Å². The summed E-state index contributed by atoms with van der Waals surface area (Å²) < 4.78 is 1.84. The number of aromatic nitrogens is 2. The van der Waals surface area contributed by atoms with Crippen LogP contribution in [0.15, 0.2) is 50.6 Å². The average Bonchev–Trinajstić information content (AvgIpc) is 3.34. The first kappa shape index (κ1) is 20.3. The zero-order valence-electron chi connectivity index (χ0n) is 14.7. The summed E-state index contributed by atoms with van der Waals surface area (Å²) >= 11 is 8.09. The third kappa shape index (κ3) is 6.60. The van der Waals surface area contributed by atoms with E-state index < -0.39 is 0 Å². The quantitative estimate of drug-likeness (QED) is 0.445. The molecule has 2 heterocycles. The van der Waals surface area contributed by atoms with Gasteiger partial charge in [-0.2, -0.15) is 0 Å². The van der Waals surface area contributed by atoms with Crippen molar-refractivity contribution >= 4 is 61.4 Å². The van der Waals surface area contributed by atoms with Crippen LogP contribution < -0.4 is 5.32 Å². The summed E-state index contributed by atoms with van der Waals surface area (Å²) in [6, 6.07) is 12.2. The SMILES string of the molecule is CN(Cc1ccc(Br)cc1)C(=O)CSc1nnc(NCCc2cccs2)s1. The van der Waals surface area contributed by atoms with Crippen LogP contribution in [0.3, 0.4) is 0 Å². The Morgan fingerprint density at radius 3 is 2.81 bits per heavy atom. The number of hydrogen-bond donors (Lipinski definition) is 1. The molecule has 1 N–H and O–H groups in total. The molecule has 142 valence electrons. The van der Waals surface area contributed by atoms with Gasteiger partial charge in [0.25, 0.3) is 0 Å². The number of carbonyl (C=O) groups excluding carboxylic acids is 1. The molecule has 0 radical (unpaired) electrons. The minimum Gasteiger partial charge on any atom is -0.360 e. The summed E-state index contributed by atoms with van der Waals surface area (Å²) in [6.07, 6.45) is 0.971. The smallest absolute Gasteiger partial charge is 0.233 e. The predicted molar refractivity (Wildman–Crippen MR) is 118 cm³/mol. The first-order valence-corrected chi connectivity index (χ1v) is 11.8. The summed E-state index contributed by atoms with van der Waals surface area (Å²) in [4.78, 5) is 15.4. The molecule has 3 rings (SSSR count). The monoisotopic (exact) mass is 482 g/mol. The molecule has 1 amide bonds. The van der Waals surface area contributed by atoms with Gasteiger partial charge in [0.15, 0.2) is 4.34 Å².